The number of nitrogens with zero attached hydrogens (tertiary/aromatic N) is 1. The Labute approximate surface area is 95.2 Å². The Kier molecular flexibility index (Phi) is 3.39. The molecule has 15 heavy (non-hydrogen) atoms. The van der Waals surface area contributed by atoms with Crippen LogP contribution in [0.3, 0.4) is 0 Å². The molecule has 1 aliphatic heterocycles. The predicted octanol–water partition coefficient (Wildman–Crippen LogP) is 3.69. The number of rotatable bonds is 2. The van der Waals surface area contributed by atoms with Gasteiger partial charge in [0.05, 0.1) is 0 Å². The Hall–Kier alpha value is -0.0400. The second-order valence-corrected chi connectivity index (χ2v) is 6.15. The Bertz CT molecular complexity index is 201. The monoisotopic (exact) mass is 209 g/mol. The molecule has 0 amide bonds. The predicted molar refractivity (Wildman–Crippen MR) is 66.0 cm³/mol. The molecule has 1 unspecified atom stereocenters. The van der Waals surface area contributed by atoms with Gasteiger partial charge >= 0.3 is 0 Å². The second kappa shape index (κ2) is 4.45. The van der Waals surface area contributed by atoms with Gasteiger partial charge in [0.1, 0.15) is 0 Å². The van der Waals surface area contributed by atoms with Gasteiger partial charge < -0.3 is 4.90 Å². The van der Waals surface area contributed by atoms with E-state index in [1.807, 2.05) is 0 Å². The molecule has 1 atom stereocenters. The molecule has 1 aliphatic carbocycles. The Morgan fingerprint density at radius 1 is 1.20 bits per heavy atom. The van der Waals surface area contributed by atoms with Gasteiger partial charge in [-0.1, -0.05) is 13.3 Å². The second-order valence-electron chi connectivity index (χ2n) is 6.15. The lowest BCUT2D eigenvalue weighted by atomic mass is 9.76. The molecule has 0 bridgehead atoms. The first-order chi connectivity index (χ1) is 7.15. The van der Waals surface area contributed by atoms with Crippen LogP contribution in [0.4, 0.5) is 0 Å². The molecule has 2 rings (SSSR count). The fraction of sp³-hybridized carbons (Fsp3) is 1.00. The Morgan fingerprint density at radius 3 is 2.33 bits per heavy atom. The zero-order valence-corrected chi connectivity index (χ0v) is 10.8. The van der Waals surface area contributed by atoms with Crippen molar-refractivity contribution in [2.75, 3.05) is 13.1 Å². The third kappa shape index (κ3) is 2.38. The molecule has 88 valence electrons. The minimum atomic E-state index is 0.755. The van der Waals surface area contributed by atoms with Crippen molar-refractivity contribution < 1.29 is 0 Å². The molecule has 0 aromatic rings. The van der Waals surface area contributed by atoms with Gasteiger partial charge in [-0.3, -0.25) is 0 Å². The molecule has 1 saturated heterocycles. The van der Waals surface area contributed by atoms with Crippen LogP contribution in [0, 0.1) is 11.3 Å². The fourth-order valence-corrected chi connectivity index (χ4v) is 3.64. The van der Waals surface area contributed by atoms with E-state index in [0.29, 0.717) is 0 Å². The molecule has 1 heterocycles. The van der Waals surface area contributed by atoms with E-state index in [-0.39, 0.29) is 0 Å². The van der Waals surface area contributed by atoms with Crippen molar-refractivity contribution in [3.63, 3.8) is 0 Å². The third-order valence-electron chi connectivity index (χ3n) is 4.97. The smallest absolute Gasteiger partial charge is 0.00385 e. The highest BCUT2D eigenvalue weighted by atomic mass is 15.2. The highest BCUT2D eigenvalue weighted by Gasteiger charge is 2.40. The molecule has 1 spiro atoms. The SMILES string of the molecule is CCC1CCC2(CCN(C(C)C)CC2)C1. The van der Waals surface area contributed by atoms with Gasteiger partial charge in [0.15, 0.2) is 0 Å². The molecule has 0 aromatic heterocycles. The maximum absolute atomic E-state index is 2.66. The van der Waals surface area contributed by atoms with E-state index in [2.05, 4.69) is 25.7 Å². The Balaban J connectivity index is 1.87. The van der Waals surface area contributed by atoms with E-state index in [9.17, 15) is 0 Å². The van der Waals surface area contributed by atoms with Gasteiger partial charge in [0.2, 0.25) is 0 Å². The molecule has 2 fully saturated rings. The summed E-state index contributed by atoms with van der Waals surface area (Å²) in [4.78, 5) is 2.66. The van der Waals surface area contributed by atoms with E-state index < -0.39 is 0 Å². The quantitative estimate of drug-likeness (QED) is 0.670. The molecular formula is C14H27N. The molecule has 1 nitrogen and oxygen atoms in total. The van der Waals surface area contributed by atoms with Crippen LogP contribution >= 0.6 is 0 Å². The summed E-state index contributed by atoms with van der Waals surface area (Å²) in [5, 5.41) is 0. The van der Waals surface area contributed by atoms with E-state index in [4.69, 9.17) is 0 Å². The van der Waals surface area contributed by atoms with E-state index in [1.54, 1.807) is 0 Å². The number of likely N-dealkylation sites (tertiary alicyclic amines) is 1. The summed E-state index contributed by atoms with van der Waals surface area (Å²) < 4.78 is 0. The van der Waals surface area contributed by atoms with Gasteiger partial charge in [0.25, 0.3) is 0 Å². The average Bonchev–Trinajstić information content (AvgIpc) is 2.62. The van der Waals surface area contributed by atoms with Crippen LogP contribution in [0.2, 0.25) is 0 Å². The van der Waals surface area contributed by atoms with Crippen LogP contribution in [-0.2, 0) is 0 Å². The van der Waals surface area contributed by atoms with Crippen LogP contribution in [0.25, 0.3) is 0 Å². The lowest BCUT2D eigenvalue weighted by Crippen LogP contribution is -2.42. The maximum Gasteiger partial charge on any atom is 0.00385 e. The van der Waals surface area contributed by atoms with Gasteiger partial charge in [-0.05, 0) is 70.4 Å². The molecule has 0 N–H and O–H groups in total. The average molecular weight is 209 g/mol. The van der Waals surface area contributed by atoms with Crippen molar-refractivity contribution in [3.8, 4) is 0 Å². The van der Waals surface area contributed by atoms with Gasteiger partial charge in [0, 0.05) is 6.04 Å². The maximum atomic E-state index is 2.66. The lowest BCUT2D eigenvalue weighted by molar-refractivity contribution is 0.0838. The molecule has 1 heteroatoms. The first-order valence-electron chi connectivity index (χ1n) is 6.89. The largest absolute Gasteiger partial charge is 0.301 e. The summed E-state index contributed by atoms with van der Waals surface area (Å²) in [6.07, 6.45) is 8.93. The summed E-state index contributed by atoms with van der Waals surface area (Å²) in [5.41, 5.74) is 0.770. The minimum Gasteiger partial charge on any atom is -0.301 e. The van der Waals surface area contributed by atoms with Crippen molar-refractivity contribution in [1.82, 2.24) is 4.90 Å². The number of piperidine rings is 1. The summed E-state index contributed by atoms with van der Waals surface area (Å²) >= 11 is 0. The number of hydrogen-bond acceptors (Lipinski definition) is 1. The van der Waals surface area contributed by atoms with Crippen molar-refractivity contribution in [1.29, 1.82) is 0 Å². The first kappa shape index (κ1) is 11.4. The van der Waals surface area contributed by atoms with E-state index in [0.717, 1.165) is 17.4 Å². The highest BCUT2D eigenvalue weighted by molar-refractivity contribution is 4.93. The highest BCUT2D eigenvalue weighted by Crippen LogP contribution is 2.49. The van der Waals surface area contributed by atoms with Crippen LogP contribution in [0.1, 0.15) is 59.3 Å². The summed E-state index contributed by atoms with van der Waals surface area (Å²) in [7, 11) is 0. The summed E-state index contributed by atoms with van der Waals surface area (Å²) in [5.74, 6) is 1.05. The summed E-state index contributed by atoms with van der Waals surface area (Å²) in [6.45, 7) is 9.75. The molecule has 0 aromatic carbocycles. The third-order valence-corrected chi connectivity index (χ3v) is 4.97. The normalized spacial score (nSPS) is 31.6. The molecule has 0 radical (unpaired) electrons. The van der Waals surface area contributed by atoms with Gasteiger partial charge in [-0.15, -0.1) is 0 Å². The summed E-state index contributed by atoms with van der Waals surface area (Å²) in [6, 6.07) is 0.755. The zero-order chi connectivity index (χ0) is 10.9. The molecular weight excluding hydrogens is 182 g/mol. The molecule has 2 aliphatic rings. The van der Waals surface area contributed by atoms with Crippen molar-refractivity contribution in [2.45, 2.75) is 65.3 Å². The van der Waals surface area contributed by atoms with Crippen molar-refractivity contribution >= 4 is 0 Å². The van der Waals surface area contributed by atoms with Crippen LogP contribution in [0.5, 0.6) is 0 Å². The van der Waals surface area contributed by atoms with Crippen molar-refractivity contribution in [3.05, 3.63) is 0 Å². The van der Waals surface area contributed by atoms with Crippen LogP contribution in [0.15, 0.2) is 0 Å². The topological polar surface area (TPSA) is 3.24 Å². The van der Waals surface area contributed by atoms with Crippen molar-refractivity contribution in [2.24, 2.45) is 11.3 Å². The Morgan fingerprint density at radius 2 is 1.87 bits per heavy atom. The van der Waals surface area contributed by atoms with E-state index in [1.165, 1.54) is 51.6 Å². The lowest BCUT2D eigenvalue weighted by Gasteiger charge is -2.41. The molecule has 1 saturated carbocycles. The van der Waals surface area contributed by atoms with Gasteiger partial charge in [-0.25, -0.2) is 0 Å². The van der Waals surface area contributed by atoms with E-state index >= 15 is 0 Å². The standard InChI is InChI=1S/C14H27N/c1-4-13-5-6-14(11-13)7-9-15(10-8-14)12(2)3/h12-13H,4-11H2,1-3H3. The number of hydrogen-bond donors (Lipinski definition) is 0. The van der Waals surface area contributed by atoms with Gasteiger partial charge in [-0.2, -0.15) is 0 Å². The zero-order valence-electron chi connectivity index (χ0n) is 10.8. The fourth-order valence-electron chi connectivity index (χ4n) is 3.64. The first-order valence-corrected chi connectivity index (χ1v) is 6.89. The van der Waals surface area contributed by atoms with Crippen LogP contribution < -0.4 is 0 Å². The van der Waals surface area contributed by atoms with Crippen LogP contribution in [-0.4, -0.2) is 24.0 Å². The minimum absolute atomic E-state index is 0.755.